The Balaban J connectivity index is 2.09. The number of amides is 1. The van der Waals surface area contributed by atoms with Gasteiger partial charge in [-0.15, -0.1) is 0 Å². The van der Waals surface area contributed by atoms with Crippen LogP contribution in [0.3, 0.4) is 0 Å². The zero-order valence-corrected chi connectivity index (χ0v) is 8.06. The number of hydrogen-bond donors (Lipinski definition) is 0. The Bertz CT molecular complexity index is 350. The van der Waals surface area contributed by atoms with Gasteiger partial charge in [0.2, 0.25) is 0 Å². The maximum Gasteiger partial charge on any atom is 0.415 e. The monoisotopic (exact) mass is 198 g/mol. The minimum Gasteiger partial charge on any atom is -0.301 e. The van der Waals surface area contributed by atoms with Crippen LogP contribution in [0.15, 0.2) is 18.7 Å². The molecule has 0 unspecified atom stereocenters. The molecule has 2 heterocycles. The van der Waals surface area contributed by atoms with Gasteiger partial charge in [-0.25, -0.2) is 13.8 Å². The predicted molar refractivity (Wildman–Crippen MR) is 47.5 cm³/mol. The Hall–Kier alpha value is -1.39. The quantitative estimate of drug-likeness (QED) is 0.552. The largest absolute Gasteiger partial charge is 0.415 e. The second-order valence-corrected chi connectivity index (χ2v) is 3.60. The SMILES string of the molecule is C[n+]1ccn(C(=O)N2CC[C@H](F)C2)c1. The number of aryl methyl sites for hydroxylation is 1. The summed E-state index contributed by atoms with van der Waals surface area (Å²) in [4.78, 5) is 13.2. The molecule has 0 bridgehead atoms. The van der Waals surface area contributed by atoms with Crippen LogP contribution in [-0.4, -0.2) is 34.8 Å². The van der Waals surface area contributed by atoms with E-state index >= 15 is 0 Å². The van der Waals surface area contributed by atoms with Crippen LogP contribution in [-0.2, 0) is 7.05 Å². The Morgan fingerprint density at radius 2 is 2.43 bits per heavy atom. The van der Waals surface area contributed by atoms with E-state index in [2.05, 4.69) is 0 Å². The molecule has 0 saturated carbocycles. The highest BCUT2D eigenvalue weighted by molar-refractivity contribution is 5.76. The number of nitrogens with zero attached hydrogens (tertiary/aromatic N) is 3. The van der Waals surface area contributed by atoms with Crippen molar-refractivity contribution < 1.29 is 13.8 Å². The maximum atomic E-state index is 12.8. The third-order valence-corrected chi connectivity index (χ3v) is 2.39. The van der Waals surface area contributed by atoms with E-state index in [1.807, 2.05) is 7.05 Å². The number of carbonyl (C=O) groups is 1. The summed E-state index contributed by atoms with van der Waals surface area (Å²) in [6, 6.07) is -0.147. The normalized spacial score (nSPS) is 21.6. The fourth-order valence-corrected chi connectivity index (χ4v) is 1.62. The molecule has 1 aromatic heterocycles. The van der Waals surface area contributed by atoms with Crippen LogP contribution in [0.1, 0.15) is 6.42 Å². The lowest BCUT2D eigenvalue weighted by Crippen LogP contribution is -2.33. The van der Waals surface area contributed by atoms with Gasteiger partial charge in [0.05, 0.1) is 13.6 Å². The van der Waals surface area contributed by atoms with Crippen LogP contribution in [0.2, 0.25) is 0 Å². The lowest BCUT2D eigenvalue weighted by atomic mass is 10.3. The fourth-order valence-electron chi connectivity index (χ4n) is 1.62. The summed E-state index contributed by atoms with van der Waals surface area (Å²) in [6.07, 6.45) is 4.73. The van der Waals surface area contributed by atoms with Gasteiger partial charge in [-0.1, -0.05) is 0 Å². The van der Waals surface area contributed by atoms with Gasteiger partial charge < -0.3 is 4.90 Å². The zero-order valence-electron chi connectivity index (χ0n) is 8.06. The molecule has 1 amide bonds. The summed E-state index contributed by atoms with van der Waals surface area (Å²) in [6.45, 7) is 0.739. The average Bonchev–Trinajstić information content (AvgIpc) is 2.73. The minimum atomic E-state index is -0.858. The number of rotatable bonds is 0. The maximum absolute atomic E-state index is 12.8. The highest BCUT2D eigenvalue weighted by Crippen LogP contribution is 2.13. The molecule has 4 nitrogen and oxygen atoms in total. The van der Waals surface area contributed by atoms with Crippen molar-refractivity contribution in [2.75, 3.05) is 13.1 Å². The summed E-state index contributed by atoms with van der Waals surface area (Å²) in [5.41, 5.74) is 0. The molecule has 1 aliphatic rings. The topological polar surface area (TPSA) is 29.1 Å². The van der Waals surface area contributed by atoms with Gasteiger partial charge in [0.25, 0.3) is 6.33 Å². The number of hydrogen-bond acceptors (Lipinski definition) is 1. The smallest absolute Gasteiger partial charge is 0.301 e. The van der Waals surface area contributed by atoms with Crippen LogP contribution in [0.4, 0.5) is 9.18 Å². The van der Waals surface area contributed by atoms with Crippen LogP contribution in [0.5, 0.6) is 0 Å². The van der Waals surface area contributed by atoms with Crippen molar-refractivity contribution >= 4 is 6.03 Å². The number of halogens is 1. The van der Waals surface area contributed by atoms with E-state index in [4.69, 9.17) is 0 Å². The van der Waals surface area contributed by atoms with Crippen LogP contribution >= 0.6 is 0 Å². The van der Waals surface area contributed by atoms with Crippen molar-refractivity contribution in [3.05, 3.63) is 18.7 Å². The molecule has 0 N–H and O–H groups in total. The highest BCUT2D eigenvalue weighted by Gasteiger charge is 2.29. The van der Waals surface area contributed by atoms with Crippen LogP contribution in [0, 0.1) is 0 Å². The standard InChI is InChI=1S/C9H13FN3O/c1-11-4-5-13(7-11)9(14)12-3-2-8(10)6-12/h4-5,7-8H,2-3,6H2,1H3/q+1/t8-/m0/s1. The van der Waals surface area contributed by atoms with Crippen molar-refractivity contribution in [3.63, 3.8) is 0 Å². The molecular weight excluding hydrogens is 185 g/mol. The van der Waals surface area contributed by atoms with Gasteiger partial charge in [-0.2, -0.15) is 4.57 Å². The molecule has 76 valence electrons. The number of likely N-dealkylation sites (tertiary alicyclic amines) is 1. The Morgan fingerprint density at radius 3 is 2.93 bits per heavy atom. The van der Waals surface area contributed by atoms with Gasteiger partial charge in [0.1, 0.15) is 18.6 Å². The molecule has 1 aliphatic heterocycles. The first-order valence-electron chi connectivity index (χ1n) is 4.63. The molecule has 0 aliphatic carbocycles. The third kappa shape index (κ3) is 1.62. The first-order chi connectivity index (χ1) is 6.66. The first-order valence-corrected chi connectivity index (χ1v) is 4.63. The van der Waals surface area contributed by atoms with E-state index in [9.17, 15) is 9.18 Å². The molecule has 2 rings (SSSR count). The molecule has 0 spiro atoms. The minimum absolute atomic E-state index is 0.147. The van der Waals surface area contributed by atoms with Crippen molar-refractivity contribution in [1.82, 2.24) is 9.47 Å². The molecule has 1 fully saturated rings. The van der Waals surface area contributed by atoms with E-state index in [0.29, 0.717) is 13.0 Å². The predicted octanol–water partition coefficient (Wildman–Crippen LogP) is 0.325. The van der Waals surface area contributed by atoms with Gasteiger partial charge in [0.15, 0.2) is 0 Å². The molecule has 5 heteroatoms. The number of imidazole rings is 1. The number of alkyl halides is 1. The second kappa shape index (κ2) is 3.40. The third-order valence-electron chi connectivity index (χ3n) is 2.39. The van der Waals surface area contributed by atoms with Crippen molar-refractivity contribution in [3.8, 4) is 0 Å². The Morgan fingerprint density at radius 1 is 1.64 bits per heavy atom. The van der Waals surface area contributed by atoms with Crippen molar-refractivity contribution in [2.24, 2.45) is 7.05 Å². The average molecular weight is 198 g/mol. The first kappa shape index (κ1) is 9.18. The number of aromatic nitrogens is 2. The van der Waals surface area contributed by atoms with E-state index in [1.54, 1.807) is 23.3 Å². The highest BCUT2D eigenvalue weighted by atomic mass is 19.1. The Kier molecular flexibility index (Phi) is 2.23. The Labute approximate surface area is 81.6 Å². The summed E-state index contributed by atoms with van der Waals surface area (Å²) >= 11 is 0. The summed E-state index contributed by atoms with van der Waals surface area (Å²) in [7, 11) is 1.84. The summed E-state index contributed by atoms with van der Waals surface area (Å²) in [5, 5.41) is 0. The van der Waals surface area contributed by atoms with Gasteiger partial charge in [-0.05, 0) is 6.42 Å². The van der Waals surface area contributed by atoms with Crippen molar-refractivity contribution in [2.45, 2.75) is 12.6 Å². The second-order valence-electron chi connectivity index (χ2n) is 3.60. The summed E-state index contributed by atoms with van der Waals surface area (Å²) < 4.78 is 16.1. The van der Waals surface area contributed by atoms with E-state index in [0.717, 1.165) is 0 Å². The molecule has 0 radical (unpaired) electrons. The van der Waals surface area contributed by atoms with Crippen LogP contribution in [0.25, 0.3) is 0 Å². The lowest BCUT2D eigenvalue weighted by molar-refractivity contribution is -0.670. The fraction of sp³-hybridized carbons (Fsp3) is 0.556. The van der Waals surface area contributed by atoms with Crippen LogP contribution < -0.4 is 4.57 Å². The van der Waals surface area contributed by atoms with E-state index < -0.39 is 6.17 Å². The molecule has 0 aromatic carbocycles. The van der Waals surface area contributed by atoms with Gasteiger partial charge in [-0.3, -0.25) is 0 Å². The molecule has 1 saturated heterocycles. The van der Waals surface area contributed by atoms with Gasteiger partial charge >= 0.3 is 6.03 Å². The molecule has 1 aromatic rings. The lowest BCUT2D eigenvalue weighted by Gasteiger charge is -2.10. The molecule has 14 heavy (non-hydrogen) atoms. The molecular formula is C9H13FN3O+. The van der Waals surface area contributed by atoms with Crippen molar-refractivity contribution in [1.29, 1.82) is 0 Å². The zero-order chi connectivity index (χ0) is 10.1. The summed E-state index contributed by atoms with van der Waals surface area (Å²) in [5.74, 6) is 0. The van der Waals surface area contributed by atoms with Gasteiger partial charge in [0, 0.05) is 6.54 Å². The molecule has 1 atom stereocenters. The van der Waals surface area contributed by atoms with E-state index in [-0.39, 0.29) is 12.6 Å². The number of carbonyl (C=O) groups excluding carboxylic acids is 1. The van der Waals surface area contributed by atoms with E-state index in [1.165, 1.54) is 9.47 Å².